The van der Waals surface area contributed by atoms with E-state index in [0.717, 1.165) is 5.56 Å². The second kappa shape index (κ2) is 6.54. The van der Waals surface area contributed by atoms with E-state index in [-0.39, 0.29) is 11.5 Å². The van der Waals surface area contributed by atoms with Gasteiger partial charge in [-0.15, -0.1) is 11.3 Å². The summed E-state index contributed by atoms with van der Waals surface area (Å²) in [6.07, 6.45) is 0.634. The van der Waals surface area contributed by atoms with Crippen LogP contribution in [0.15, 0.2) is 35.7 Å². The number of nitrogens with one attached hydrogen (secondary N) is 1. The van der Waals surface area contributed by atoms with Crippen LogP contribution < -0.4 is 5.32 Å². The van der Waals surface area contributed by atoms with Crippen molar-refractivity contribution in [2.75, 3.05) is 6.54 Å². The third kappa shape index (κ3) is 3.59. The maximum Gasteiger partial charge on any atom is 0.335 e. The van der Waals surface area contributed by atoms with E-state index >= 15 is 0 Å². The van der Waals surface area contributed by atoms with Crippen molar-refractivity contribution in [2.24, 2.45) is 0 Å². The highest BCUT2D eigenvalue weighted by Crippen LogP contribution is 2.21. The van der Waals surface area contributed by atoms with Crippen LogP contribution in [-0.2, 0) is 6.42 Å². The molecule has 1 aromatic heterocycles. The van der Waals surface area contributed by atoms with E-state index in [1.165, 1.54) is 11.3 Å². The molecule has 20 heavy (non-hydrogen) atoms. The Hall–Kier alpha value is -1.85. The molecule has 0 radical (unpaired) electrons. The molecule has 2 N–H and O–H groups in total. The van der Waals surface area contributed by atoms with E-state index in [4.69, 9.17) is 16.7 Å². The Labute approximate surface area is 125 Å². The molecule has 1 aromatic carbocycles. The summed E-state index contributed by atoms with van der Waals surface area (Å²) in [5, 5.41) is 13.8. The quantitative estimate of drug-likeness (QED) is 0.892. The molecule has 104 valence electrons. The molecule has 0 bridgehead atoms. The highest BCUT2D eigenvalue weighted by molar-refractivity contribution is 7.12. The van der Waals surface area contributed by atoms with Crippen LogP contribution in [0.5, 0.6) is 0 Å². The lowest BCUT2D eigenvalue weighted by Gasteiger charge is -2.05. The highest BCUT2D eigenvalue weighted by atomic mass is 35.5. The zero-order valence-corrected chi connectivity index (χ0v) is 12.0. The maximum atomic E-state index is 11.8. The highest BCUT2D eigenvalue weighted by Gasteiger charge is 2.10. The average molecular weight is 310 g/mol. The summed E-state index contributed by atoms with van der Waals surface area (Å²) < 4.78 is 0. The van der Waals surface area contributed by atoms with Gasteiger partial charge >= 0.3 is 5.97 Å². The molecule has 0 aliphatic rings. The lowest BCUT2D eigenvalue weighted by atomic mass is 10.1. The molecular weight excluding hydrogens is 298 g/mol. The monoisotopic (exact) mass is 309 g/mol. The normalized spacial score (nSPS) is 10.2. The zero-order chi connectivity index (χ0) is 14.5. The number of carboxylic acids is 1. The van der Waals surface area contributed by atoms with E-state index in [9.17, 15) is 9.59 Å². The first kappa shape index (κ1) is 14.6. The Kier molecular flexibility index (Phi) is 4.76. The van der Waals surface area contributed by atoms with E-state index in [2.05, 4.69) is 5.32 Å². The smallest absolute Gasteiger partial charge is 0.335 e. The summed E-state index contributed by atoms with van der Waals surface area (Å²) in [5.41, 5.74) is 1.22. The fourth-order valence-electron chi connectivity index (χ4n) is 1.67. The van der Waals surface area contributed by atoms with Crippen molar-refractivity contribution < 1.29 is 14.7 Å². The first-order valence-corrected chi connectivity index (χ1v) is 7.17. The van der Waals surface area contributed by atoms with Gasteiger partial charge in [0.05, 0.1) is 10.6 Å². The summed E-state index contributed by atoms with van der Waals surface area (Å²) in [6, 6.07) is 8.28. The van der Waals surface area contributed by atoms with E-state index in [0.29, 0.717) is 22.9 Å². The van der Waals surface area contributed by atoms with Gasteiger partial charge in [0.15, 0.2) is 0 Å². The molecule has 2 rings (SSSR count). The lowest BCUT2D eigenvalue weighted by molar-refractivity contribution is 0.0696. The molecule has 0 aliphatic carbocycles. The molecule has 0 atom stereocenters. The van der Waals surface area contributed by atoms with Crippen molar-refractivity contribution in [3.8, 4) is 0 Å². The molecule has 2 aromatic rings. The number of thiophene rings is 1. The number of amides is 1. The fraction of sp³-hybridized carbons (Fsp3) is 0.143. The van der Waals surface area contributed by atoms with Crippen LogP contribution in [0.4, 0.5) is 0 Å². The molecule has 6 heteroatoms. The molecule has 0 aliphatic heterocycles. The minimum atomic E-state index is -0.947. The topological polar surface area (TPSA) is 66.4 Å². The molecule has 4 nitrogen and oxygen atoms in total. The number of carbonyl (C=O) groups is 2. The number of rotatable bonds is 5. The average Bonchev–Trinajstić information content (AvgIpc) is 2.85. The maximum absolute atomic E-state index is 11.8. The van der Waals surface area contributed by atoms with Crippen molar-refractivity contribution >= 4 is 34.8 Å². The molecule has 0 saturated carbocycles. The third-order valence-electron chi connectivity index (χ3n) is 2.72. The van der Waals surface area contributed by atoms with Gasteiger partial charge in [-0.2, -0.15) is 0 Å². The molecule has 0 unspecified atom stereocenters. The third-order valence-corrected chi connectivity index (χ3v) is 4.06. The van der Waals surface area contributed by atoms with Gasteiger partial charge in [0, 0.05) is 6.54 Å². The number of hydrogen-bond acceptors (Lipinski definition) is 3. The summed E-state index contributed by atoms with van der Waals surface area (Å²) in [4.78, 5) is 23.0. The van der Waals surface area contributed by atoms with Crippen LogP contribution in [-0.4, -0.2) is 23.5 Å². The molecule has 0 saturated heterocycles. The predicted molar refractivity (Wildman–Crippen MR) is 78.8 cm³/mol. The fourth-order valence-corrected chi connectivity index (χ4v) is 2.73. The van der Waals surface area contributed by atoms with Crippen LogP contribution in [0.2, 0.25) is 5.02 Å². The van der Waals surface area contributed by atoms with Gasteiger partial charge in [0.25, 0.3) is 5.91 Å². The molecule has 1 heterocycles. The van der Waals surface area contributed by atoms with Gasteiger partial charge in [-0.1, -0.05) is 23.7 Å². The minimum Gasteiger partial charge on any atom is -0.478 e. The van der Waals surface area contributed by atoms with Gasteiger partial charge < -0.3 is 10.4 Å². The summed E-state index contributed by atoms with van der Waals surface area (Å²) in [7, 11) is 0. The van der Waals surface area contributed by atoms with Crippen molar-refractivity contribution in [3.05, 3.63) is 56.7 Å². The second-order valence-electron chi connectivity index (χ2n) is 4.11. The van der Waals surface area contributed by atoms with Crippen molar-refractivity contribution in [2.45, 2.75) is 6.42 Å². The Morgan fingerprint density at radius 3 is 2.45 bits per heavy atom. The molecule has 1 amide bonds. The number of carbonyl (C=O) groups excluding carboxylic acids is 1. The zero-order valence-electron chi connectivity index (χ0n) is 10.4. The molecule has 0 fully saturated rings. The Morgan fingerprint density at radius 1 is 1.20 bits per heavy atom. The minimum absolute atomic E-state index is 0.188. The molecule has 0 spiro atoms. The van der Waals surface area contributed by atoms with Gasteiger partial charge in [-0.25, -0.2) is 4.79 Å². The first-order chi connectivity index (χ1) is 9.58. The van der Waals surface area contributed by atoms with Gasteiger partial charge in [0.1, 0.15) is 4.88 Å². The van der Waals surface area contributed by atoms with Crippen LogP contribution >= 0.6 is 22.9 Å². The summed E-state index contributed by atoms with van der Waals surface area (Å²) in [6.45, 7) is 0.472. The lowest BCUT2D eigenvalue weighted by Crippen LogP contribution is -2.25. The van der Waals surface area contributed by atoms with Crippen molar-refractivity contribution in [1.82, 2.24) is 5.32 Å². The van der Waals surface area contributed by atoms with Gasteiger partial charge in [-0.3, -0.25) is 4.79 Å². The summed E-state index contributed by atoms with van der Waals surface area (Å²) in [5.74, 6) is -1.13. The number of aromatic carboxylic acids is 1. The predicted octanol–water partition coefficient (Wildman–Crippen LogP) is 3.07. The Morgan fingerprint density at radius 2 is 1.90 bits per heavy atom. The van der Waals surface area contributed by atoms with Gasteiger partial charge in [0.2, 0.25) is 0 Å². The van der Waals surface area contributed by atoms with Crippen LogP contribution in [0.1, 0.15) is 25.6 Å². The largest absolute Gasteiger partial charge is 0.478 e. The van der Waals surface area contributed by atoms with Crippen LogP contribution in [0, 0.1) is 0 Å². The number of benzene rings is 1. The van der Waals surface area contributed by atoms with Crippen molar-refractivity contribution in [3.63, 3.8) is 0 Å². The number of carboxylic acid groups (broad SMARTS) is 1. The van der Waals surface area contributed by atoms with E-state index < -0.39 is 5.97 Å². The summed E-state index contributed by atoms with van der Waals surface area (Å²) >= 11 is 7.17. The van der Waals surface area contributed by atoms with Crippen molar-refractivity contribution in [1.29, 1.82) is 0 Å². The van der Waals surface area contributed by atoms with Crippen LogP contribution in [0.3, 0.4) is 0 Å². The first-order valence-electron chi connectivity index (χ1n) is 5.91. The number of hydrogen-bond donors (Lipinski definition) is 2. The van der Waals surface area contributed by atoms with Crippen LogP contribution in [0.25, 0.3) is 0 Å². The van der Waals surface area contributed by atoms with Gasteiger partial charge in [-0.05, 0) is 35.6 Å². The Balaban J connectivity index is 1.85. The Bertz CT molecular complexity index is 622. The SMILES string of the molecule is O=C(O)c1ccc(CCNC(=O)c2sccc2Cl)cc1. The standard InChI is InChI=1S/C14H12ClNO3S/c15-11-6-8-20-12(11)13(17)16-7-5-9-1-3-10(4-2-9)14(18)19/h1-4,6,8H,5,7H2,(H,16,17)(H,18,19). The van der Waals surface area contributed by atoms with E-state index in [1.54, 1.807) is 35.7 Å². The van der Waals surface area contributed by atoms with E-state index in [1.807, 2.05) is 0 Å². The number of halogens is 1. The second-order valence-corrected chi connectivity index (χ2v) is 5.43. The molecular formula is C14H12ClNO3S.